The van der Waals surface area contributed by atoms with Gasteiger partial charge in [-0.1, -0.05) is 62.6 Å². The minimum absolute atomic E-state index is 0.667. The van der Waals surface area contributed by atoms with Crippen molar-refractivity contribution in [2.45, 2.75) is 33.1 Å². The van der Waals surface area contributed by atoms with Crippen molar-refractivity contribution in [3.63, 3.8) is 0 Å². The highest BCUT2D eigenvalue weighted by atomic mass is 35.5. The molecule has 0 nitrogen and oxygen atoms in total. The smallest absolute Gasteiger partial charge is 0.0406 e. The first kappa shape index (κ1) is 12.3. The Morgan fingerprint density at radius 1 is 1.27 bits per heavy atom. The van der Waals surface area contributed by atoms with Gasteiger partial charge in [-0.2, -0.15) is 0 Å². The molecule has 1 atom stereocenters. The molecule has 0 aliphatic rings. The summed E-state index contributed by atoms with van der Waals surface area (Å²) < 4.78 is 0. The van der Waals surface area contributed by atoms with Crippen molar-refractivity contribution in [2.75, 3.05) is 0 Å². The second-order valence-electron chi connectivity index (χ2n) is 4.03. The predicted molar refractivity (Wildman–Crippen MR) is 69.2 cm³/mol. The normalized spacial score (nSPS) is 13.3. The molecule has 0 spiro atoms. The minimum Gasteiger partial charge on any atom is -0.0843 e. The zero-order valence-corrected chi connectivity index (χ0v) is 10.3. The van der Waals surface area contributed by atoms with Crippen LogP contribution in [-0.4, -0.2) is 0 Å². The summed E-state index contributed by atoms with van der Waals surface area (Å²) in [7, 11) is 0. The molecule has 0 aliphatic carbocycles. The van der Waals surface area contributed by atoms with Gasteiger partial charge >= 0.3 is 0 Å². The lowest BCUT2D eigenvalue weighted by Gasteiger charge is -2.03. The highest BCUT2D eigenvalue weighted by molar-refractivity contribution is 6.30. The first-order chi connectivity index (χ1) is 7.22. The molecule has 0 amide bonds. The highest BCUT2D eigenvalue weighted by Crippen LogP contribution is 2.14. The van der Waals surface area contributed by atoms with Crippen molar-refractivity contribution in [1.29, 1.82) is 0 Å². The number of halogens is 1. The largest absolute Gasteiger partial charge is 0.0843 e. The number of hydrogen-bond acceptors (Lipinski definition) is 0. The van der Waals surface area contributed by atoms with Gasteiger partial charge in [-0.3, -0.25) is 0 Å². The summed E-state index contributed by atoms with van der Waals surface area (Å²) in [6.45, 7) is 4.50. The maximum absolute atomic E-state index is 5.82. The van der Waals surface area contributed by atoms with E-state index in [9.17, 15) is 0 Å². The van der Waals surface area contributed by atoms with E-state index in [2.05, 4.69) is 26.0 Å². The van der Waals surface area contributed by atoms with Crippen LogP contribution in [0.4, 0.5) is 0 Å². The molecule has 0 saturated carbocycles. The summed E-state index contributed by atoms with van der Waals surface area (Å²) in [6, 6.07) is 7.95. The van der Waals surface area contributed by atoms with Crippen LogP contribution < -0.4 is 0 Å². The van der Waals surface area contributed by atoms with Gasteiger partial charge in [0.1, 0.15) is 0 Å². The maximum Gasteiger partial charge on any atom is 0.0406 e. The van der Waals surface area contributed by atoms with E-state index in [0.29, 0.717) is 5.92 Å². The van der Waals surface area contributed by atoms with E-state index in [1.807, 2.05) is 24.3 Å². The summed E-state index contributed by atoms with van der Waals surface area (Å²) in [5.41, 5.74) is 1.22. The fourth-order valence-corrected chi connectivity index (χ4v) is 1.60. The van der Waals surface area contributed by atoms with E-state index >= 15 is 0 Å². The Labute approximate surface area is 98.0 Å². The van der Waals surface area contributed by atoms with Crippen LogP contribution in [0.15, 0.2) is 30.3 Å². The standard InChI is InChI=1S/C14H19Cl/c1-3-4-5-12(2)6-7-13-8-10-14(15)11-9-13/h6-12H,3-5H2,1-2H3/b7-6-. The minimum atomic E-state index is 0.667. The molecule has 0 saturated heterocycles. The third-order valence-electron chi connectivity index (χ3n) is 2.50. The Hall–Kier alpha value is -0.750. The monoisotopic (exact) mass is 222 g/mol. The second kappa shape index (κ2) is 6.68. The van der Waals surface area contributed by atoms with Gasteiger partial charge in [0.15, 0.2) is 0 Å². The van der Waals surface area contributed by atoms with Gasteiger partial charge in [0.25, 0.3) is 0 Å². The van der Waals surface area contributed by atoms with E-state index in [0.717, 1.165) is 5.02 Å². The zero-order chi connectivity index (χ0) is 11.1. The van der Waals surface area contributed by atoms with E-state index in [1.54, 1.807) is 0 Å². The average Bonchev–Trinajstić information content (AvgIpc) is 2.25. The van der Waals surface area contributed by atoms with Gasteiger partial charge in [0, 0.05) is 5.02 Å². The Bertz CT molecular complexity index is 298. The van der Waals surface area contributed by atoms with Crippen LogP contribution in [0.1, 0.15) is 38.7 Å². The fourth-order valence-electron chi connectivity index (χ4n) is 1.47. The molecular weight excluding hydrogens is 204 g/mol. The fraction of sp³-hybridized carbons (Fsp3) is 0.429. The van der Waals surface area contributed by atoms with Crippen molar-refractivity contribution < 1.29 is 0 Å². The molecular formula is C14H19Cl. The Kier molecular flexibility index (Phi) is 5.49. The average molecular weight is 223 g/mol. The van der Waals surface area contributed by atoms with Gasteiger partial charge in [-0.05, 0) is 30.0 Å². The topological polar surface area (TPSA) is 0 Å². The molecule has 82 valence electrons. The molecule has 0 heterocycles. The van der Waals surface area contributed by atoms with Gasteiger partial charge in [0.2, 0.25) is 0 Å². The number of allylic oxidation sites excluding steroid dienone is 1. The van der Waals surface area contributed by atoms with Crippen LogP contribution in [0.25, 0.3) is 6.08 Å². The van der Waals surface area contributed by atoms with Crippen LogP contribution in [-0.2, 0) is 0 Å². The van der Waals surface area contributed by atoms with Crippen LogP contribution in [0.2, 0.25) is 5.02 Å². The van der Waals surface area contributed by atoms with Crippen molar-refractivity contribution in [3.05, 3.63) is 40.9 Å². The van der Waals surface area contributed by atoms with Gasteiger partial charge in [-0.25, -0.2) is 0 Å². The molecule has 1 heteroatoms. The molecule has 1 aromatic rings. The maximum atomic E-state index is 5.82. The SMILES string of the molecule is CCCCC(C)/C=C\c1ccc(Cl)cc1. The lowest BCUT2D eigenvalue weighted by Crippen LogP contribution is -1.88. The summed E-state index contributed by atoms with van der Waals surface area (Å²) in [6.07, 6.45) is 8.32. The zero-order valence-electron chi connectivity index (χ0n) is 9.54. The van der Waals surface area contributed by atoms with Crippen molar-refractivity contribution in [3.8, 4) is 0 Å². The predicted octanol–water partition coefficient (Wildman–Crippen LogP) is 5.18. The molecule has 0 fully saturated rings. The van der Waals surface area contributed by atoms with Gasteiger partial charge in [-0.15, -0.1) is 0 Å². The van der Waals surface area contributed by atoms with E-state index < -0.39 is 0 Å². The number of rotatable bonds is 5. The van der Waals surface area contributed by atoms with Crippen LogP contribution >= 0.6 is 11.6 Å². The second-order valence-corrected chi connectivity index (χ2v) is 4.47. The number of benzene rings is 1. The van der Waals surface area contributed by atoms with Crippen molar-refractivity contribution in [2.24, 2.45) is 5.92 Å². The summed E-state index contributed by atoms with van der Waals surface area (Å²) in [5.74, 6) is 0.667. The van der Waals surface area contributed by atoms with Crippen LogP contribution in [0.3, 0.4) is 0 Å². The van der Waals surface area contributed by atoms with E-state index in [4.69, 9.17) is 11.6 Å². The molecule has 0 aliphatic heterocycles. The van der Waals surface area contributed by atoms with Gasteiger partial charge in [0.05, 0.1) is 0 Å². The summed E-state index contributed by atoms with van der Waals surface area (Å²) >= 11 is 5.82. The Balaban J connectivity index is 2.46. The van der Waals surface area contributed by atoms with E-state index in [-0.39, 0.29) is 0 Å². The lowest BCUT2D eigenvalue weighted by molar-refractivity contribution is 0.600. The van der Waals surface area contributed by atoms with E-state index in [1.165, 1.54) is 24.8 Å². The molecule has 0 radical (unpaired) electrons. The van der Waals surface area contributed by atoms with Crippen molar-refractivity contribution in [1.82, 2.24) is 0 Å². The highest BCUT2D eigenvalue weighted by Gasteiger charge is 1.95. The molecule has 0 N–H and O–H groups in total. The number of hydrogen-bond donors (Lipinski definition) is 0. The third-order valence-corrected chi connectivity index (χ3v) is 2.75. The summed E-state index contributed by atoms with van der Waals surface area (Å²) in [4.78, 5) is 0. The molecule has 0 bridgehead atoms. The quantitative estimate of drug-likeness (QED) is 0.644. The lowest BCUT2D eigenvalue weighted by atomic mass is 10.0. The molecule has 1 rings (SSSR count). The Morgan fingerprint density at radius 3 is 2.53 bits per heavy atom. The van der Waals surface area contributed by atoms with Gasteiger partial charge < -0.3 is 0 Å². The third kappa shape index (κ3) is 5.03. The number of unbranched alkanes of at least 4 members (excludes halogenated alkanes) is 1. The van der Waals surface area contributed by atoms with Crippen molar-refractivity contribution >= 4 is 17.7 Å². The molecule has 15 heavy (non-hydrogen) atoms. The molecule has 1 aromatic carbocycles. The Morgan fingerprint density at radius 2 is 1.93 bits per heavy atom. The first-order valence-corrected chi connectivity index (χ1v) is 6.04. The molecule has 1 unspecified atom stereocenters. The molecule has 0 aromatic heterocycles. The first-order valence-electron chi connectivity index (χ1n) is 5.66. The van der Waals surface area contributed by atoms with Crippen LogP contribution in [0.5, 0.6) is 0 Å². The van der Waals surface area contributed by atoms with Crippen LogP contribution in [0, 0.1) is 5.92 Å². The summed E-state index contributed by atoms with van der Waals surface area (Å²) in [5, 5.41) is 0.797.